The summed E-state index contributed by atoms with van der Waals surface area (Å²) in [4.78, 5) is 25.5. The highest BCUT2D eigenvalue weighted by Gasteiger charge is 2.15. The first kappa shape index (κ1) is 21.3. The van der Waals surface area contributed by atoms with E-state index >= 15 is 0 Å². The van der Waals surface area contributed by atoms with E-state index in [2.05, 4.69) is 26.6 Å². The number of nitrogens with one attached hydrogen (secondary N) is 2. The van der Waals surface area contributed by atoms with Crippen molar-refractivity contribution in [2.45, 2.75) is 6.92 Å². The Labute approximate surface area is 183 Å². The van der Waals surface area contributed by atoms with Gasteiger partial charge in [0.15, 0.2) is 0 Å². The average Bonchev–Trinajstić information content (AvgIpc) is 2.77. The lowest BCUT2D eigenvalue weighted by atomic mass is 10.1. The van der Waals surface area contributed by atoms with E-state index in [0.29, 0.717) is 17.9 Å². The van der Waals surface area contributed by atoms with Crippen LogP contribution >= 0.6 is 15.9 Å². The Morgan fingerprint density at radius 1 is 0.933 bits per heavy atom. The van der Waals surface area contributed by atoms with Gasteiger partial charge in [0.2, 0.25) is 0 Å². The minimum Gasteiger partial charge on any atom is -0.494 e. The Hall–Kier alpha value is -3.38. The van der Waals surface area contributed by atoms with E-state index in [-0.39, 0.29) is 11.6 Å². The zero-order valence-electron chi connectivity index (χ0n) is 16.4. The molecule has 3 aromatic rings. The zero-order chi connectivity index (χ0) is 21.3. The molecule has 3 rings (SSSR count). The molecule has 0 aliphatic rings. The van der Waals surface area contributed by atoms with Crippen molar-refractivity contribution >= 4 is 39.5 Å². The summed E-state index contributed by atoms with van der Waals surface area (Å²) in [6, 6.07) is 23.2. The van der Waals surface area contributed by atoms with Crippen LogP contribution in [0.1, 0.15) is 22.8 Å². The van der Waals surface area contributed by atoms with Crippen molar-refractivity contribution in [2.75, 3.05) is 11.9 Å². The van der Waals surface area contributed by atoms with Gasteiger partial charge in [-0.1, -0.05) is 46.3 Å². The summed E-state index contributed by atoms with van der Waals surface area (Å²) in [5.74, 6) is -0.0642. The van der Waals surface area contributed by atoms with Crippen LogP contribution < -0.4 is 15.4 Å². The highest BCUT2D eigenvalue weighted by atomic mass is 79.9. The molecule has 0 spiro atoms. The second-order valence-corrected chi connectivity index (χ2v) is 7.26. The standard InChI is InChI=1S/C24H21BrN2O3/c1-2-30-21-14-12-20(13-15-21)26-24(29)22(16-17-8-10-19(25)11-9-17)27-23(28)18-6-4-3-5-7-18/h3-16H,2H2,1H3,(H,26,29)(H,27,28). The minimum absolute atomic E-state index is 0.139. The van der Waals surface area contributed by atoms with E-state index < -0.39 is 5.91 Å². The van der Waals surface area contributed by atoms with Crippen molar-refractivity contribution in [1.82, 2.24) is 5.32 Å². The highest BCUT2D eigenvalue weighted by molar-refractivity contribution is 9.10. The van der Waals surface area contributed by atoms with Crippen LogP contribution in [-0.2, 0) is 4.79 Å². The molecule has 0 bridgehead atoms. The quantitative estimate of drug-likeness (QED) is 0.468. The summed E-state index contributed by atoms with van der Waals surface area (Å²) in [7, 11) is 0. The summed E-state index contributed by atoms with van der Waals surface area (Å²) < 4.78 is 6.34. The van der Waals surface area contributed by atoms with Crippen molar-refractivity contribution in [3.05, 3.63) is 100 Å². The van der Waals surface area contributed by atoms with E-state index in [1.807, 2.05) is 37.3 Å². The zero-order valence-corrected chi connectivity index (χ0v) is 18.0. The number of benzene rings is 3. The molecule has 6 heteroatoms. The molecule has 30 heavy (non-hydrogen) atoms. The van der Waals surface area contributed by atoms with Crippen LogP contribution in [0.15, 0.2) is 89.0 Å². The predicted octanol–water partition coefficient (Wildman–Crippen LogP) is 5.26. The fourth-order valence-electron chi connectivity index (χ4n) is 2.67. The third-order valence-electron chi connectivity index (χ3n) is 4.13. The van der Waals surface area contributed by atoms with Gasteiger partial charge in [-0.2, -0.15) is 0 Å². The predicted molar refractivity (Wildman–Crippen MR) is 122 cm³/mol. The van der Waals surface area contributed by atoms with Crippen molar-refractivity contribution in [1.29, 1.82) is 0 Å². The number of carbonyl (C=O) groups is 2. The van der Waals surface area contributed by atoms with Gasteiger partial charge in [-0.3, -0.25) is 9.59 Å². The average molecular weight is 465 g/mol. The molecule has 0 radical (unpaired) electrons. The molecule has 2 amide bonds. The van der Waals surface area contributed by atoms with Gasteiger partial charge >= 0.3 is 0 Å². The van der Waals surface area contributed by atoms with Gasteiger partial charge in [-0.05, 0) is 67.1 Å². The molecule has 0 unspecified atom stereocenters. The van der Waals surface area contributed by atoms with Crippen LogP contribution in [0.2, 0.25) is 0 Å². The highest BCUT2D eigenvalue weighted by Crippen LogP contribution is 2.17. The van der Waals surface area contributed by atoms with Crippen LogP contribution in [-0.4, -0.2) is 18.4 Å². The van der Waals surface area contributed by atoms with E-state index in [0.717, 1.165) is 15.8 Å². The molecule has 0 aliphatic carbocycles. The number of amides is 2. The lowest BCUT2D eigenvalue weighted by molar-refractivity contribution is -0.113. The number of carbonyl (C=O) groups excluding carboxylic acids is 2. The maximum atomic E-state index is 12.9. The minimum atomic E-state index is -0.425. The van der Waals surface area contributed by atoms with Gasteiger partial charge < -0.3 is 15.4 Å². The van der Waals surface area contributed by atoms with Gasteiger partial charge in [0.05, 0.1) is 6.61 Å². The monoisotopic (exact) mass is 464 g/mol. The van der Waals surface area contributed by atoms with E-state index in [9.17, 15) is 9.59 Å². The van der Waals surface area contributed by atoms with Crippen molar-refractivity contribution < 1.29 is 14.3 Å². The Morgan fingerprint density at radius 3 is 2.23 bits per heavy atom. The number of hydrogen-bond acceptors (Lipinski definition) is 3. The fraction of sp³-hybridized carbons (Fsp3) is 0.0833. The number of anilines is 1. The molecule has 0 aliphatic heterocycles. The van der Waals surface area contributed by atoms with Crippen molar-refractivity contribution in [3.63, 3.8) is 0 Å². The SMILES string of the molecule is CCOc1ccc(NC(=O)C(=Cc2ccc(Br)cc2)NC(=O)c2ccccc2)cc1. The van der Waals surface area contributed by atoms with Crippen LogP contribution in [0, 0.1) is 0 Å². The summed E-state index contributed by atoms with van der Waals surface area (Å²) >= 11 is 3.39. The smallest absolute Gasteiger partial charge is 0.272 e. The molecule has 0 aromatic heterocycles. The topological polar surface area (TPSA) is 67.4 Å². The number of ether oxygens (including phenoxy) is 1. The Bertz CT molecular complexity index is 1030. The Morgan fingerprint density at radius 2 is 1.60 bits per heavy atom. The van der Waals surface area contributed by atoms with Crippen molar-refractivity contribution in [2.24, 2.45) is 0 Å². The number of halogens is 1. The number of rotatable bonds is 7. The molecule has 2 N–H and O–H groups in total. The normalized spacial score (nSPS) is 10.9. The largest absolute Gasteiger partial charge is 0.494 e. The Kier molecular flexibility index (Phi) is 7.40. The lowest BCUT2D eigenvalue weighted by Crippen LogP contribution is -2.30. The molecule has 3 aromatic carbocycles. The van der Waals surface area contributed by atoms with Crippen LogP contribution in [0.5, 0.6) is 5.75 Å². The summed E-state index contributed by atoms with van der Waals surface area (Å²) in [6.45, 7) is 2.47. The van der Waals surface area contributed by atoms with Crippen molar-refractivity contribution in [3.8, 4) is 5.75 Å². The molecule has 0 atom stereocenters. The van der Waals surface area contributed by atoms with Gasteiger partial charge in [-0.15, -0.1) is 0 Å². The Balaban J connectivity index is 1.83. The molecule has 0 heterocycles. The molecule has 0 saturated carbocycles. The fourth-order valence-corrected chi connectivity index (χ4v) is 2.93. The molecule has 0 saturated heterocycles. The first-order valence-corrected chi connectivity index (χ1v) is 10.2. The molecule has 152 valence electrons. The van der Waals surface area contributed by atoms with E-state index in [1.54, 1.807) is 54.6 Å². The summed E-state index contributed by atoms with van der Waals surface area (Å²) in [5.41, 5.74) is 1.98. The molecule has 0 fully saturated rings. The third-order valence-corrected chi connectivity index (χ3v) is 4.66. The van der Waals surface area contributed by atoms with Crippen LogP contribution in [0.3, 0.4) is 0 Å². The van der Waals surface area contributed by atoms with Crippen LogP contribution in [0.4, 0.5) is 5.69 Å². The third kappa shape index (κ3) is 6.06. The first-order valence-electron chi connectivity index (χ1n) is 9.43. The molecule has 5 nitrogen and oxygen atoms in total. The molecular formula is C24H21BrN2O3. The van der Waals surface area contributed by atoms with E-state index in [1.165, 1.54) is 0 Å². The first-order chi connectivity index (χ1) is 14.5. The summed E-state index contributed by atoms with van der Waals surface area (Å²) in [5, 5.41) is 5.53. The lowest BCUT2D eigenvalue weighted by Gasteiger charge is -2.12. The van der Waals surface area contributed by atoms with Crippen LogP contribution in [0.25, 0.3) is 6.08 Å². The van der Waals surface area contributed by atoms with Gasteiger partial charge in [-0.25, -0.2) is 0 Å². The molecular weight excluding hydrogens is 444 g/mol. The second-order valence-electron chi connectivity index (χ2n) is 6.34. The second kappa shape index (κ2) is 10.4. The maximum absolute atomic E-state index is 12.9. The van der Waals surface area contributed by atoms with Gasteiger partial charge in [0, 0.05) is 15.7 Å². The van der Waals surface area contributed by atoms with Gasteiger partial charge in [0.1, 0.15) is 11.4 Å². The summed E-state index contributed by atoms with van der Waals surface area (Å²) in [6.07, 6.45) is 1.64. The van der Waals surface area contributed by atoms with E-state index in [4.69, 9.17) is 4.74 Å². The maximum Gasteiger partial charge on any atom is 0.272 e. The van der Waals surface area contributed by atoms with Gasteiger partial charge in [0.25, 0.3) is 11.8 Å². The number of hydrogen-bond donors (Lipinski definition) is 2.